The maximum atomic E-state index is 9.95. The van der Waals surface area contributed by atoms with Gasteiger partial charge in [0, 0.05) is 10.0 Å². The van der Waals surface area contributed by atoms with Crippen molar-refractivity contribution in [2.75, 3.05) is 6.61 Å². The fourth-order valence-electron chi connectivity index (χ4n) is 2.02. The van der Waals surface area contributed by atoms with Crippen molar-refractivity contribution in [3.63, 3.8) is 0 Å². The number of rotatable bonds is 3. The van der Waals surface area contributed by atoms with E-state index >= 15 is 0 Å². The van der Waals surface area contributed by atoms with Gasteiger partial charge >= 0.3 is 7.12 Å². The second-order valence-electron chi connectivity index (χ2n) is 6.17. The van der Waals surface area contributed by atoms with E-state index in [2.05, 4.69) is 15.9 Å². The molecule has 0 spiro atoms. The highest BCUT2D eigenvalue weighted by Crippen LogP contribution is 2.39. The number of hydrogen-bond acceptors (Lipinski definition) is 4. The van der Waals surface area contributed by atoms with E-state index in [1.54, 1.807) is 18.2 Å². The number of phenols is 1. The number of phenolic OH excluding ortho intramolecular Hbond substituents is 1. The maximum Gasteiger partial charge on any atom is 0.492 e. The van der Waals surface area contributed by atoms with Gasteiger partial charge in [-0.3, -0.25) is 0 Å². The molecule has 1 saturated heterocycles. The summed E-state index contributed by atoms with van der Waals surface area (Å²) < 4.78 is 12.6. The minimum Gasteiger partial charge on any atom is -0.507 e. The number of hydrogen-bond donors (Lipinski definition) is 2. The van der Waals surface area contributed by atoms with Crippen molar-refractivity contribution in [2.24, 2.45) is 0 Å². The van der Waals surface area contributed by atoms with Gasteiger partial charge in [0.1, 0.15) is 5.75 Å². The van der Waals surface area contributed by atoms with Gasteiger partial charge in [0.15, 0.2) is 0 Å². The van der Waals surface area contributed by atoms with Gasteiger partial charge in [0.05, 0.1) is 17.8 Å². The van der Waals surface area contributed by atoms with E-state index in [4.69, 9.17) is 9.31 Å². The van der Waals surface area contributed by atoms with Crippen molar-refractivity contribution in [1.29, 1.82) is 0 Å². The number of aliphatic hydroxyl groups is 1. The Morgan fingerprint density at radius 3 is 2.29 bits per heavy atom. The van der Waals surface area contributed by atoms with Crippen molar-refractivity contribution in [1.82, 2.24) is 0 Å². The molecule has 1 aliphatic heterocycles. The Morgan fingerprint density at radius 1 is 1.24 bits per heavy atom. The van der Waals surface area contributed by atoms with Crippen LogP contribution in [0.5, 0.6) is 5.75 Å². The number of halogens is 1. The Bertz CT molecular complexity index is 553. The highest BCUT2D eigenvalue weighted by atomic mass is 79.9. The lowest BCUT2D eigenvalue weighted by atomic mass is 9.77. The molecule has 114 valence electrons. The molecule has 21 heavy (non-hydrogen) atoms. The van der Waals surface area contributed by atoms with Gasteiger partial charge in [-0.15, -0.1) is 0 Å². The summed E-state index contributed by atoms with van der Waals surface area (Å²) in [6.07, 6.45) is 1.70. The molecule has 0 saturated carbocycles. The molecule has 4 nitrogen and oxygen atoms in total. The summed E-state index contributed by atoms with van der Waals surface area (Å²) in [6, 6.07) is 5.19. The number of aliphatic hydroxyl groups excluding tert-OH is 1. The quantitative estimate of drug-likeness (QED) is 0.818. The van der Waals surface area contributed by atoms with Crippen LogP contribution in [0.1, 0.15) is 33.3 Å². The number of benzene rings is 1. The van der Waals surface area contributed by atoms with Gasteiger partial charge in [0.2, 0.25) is 0 Å². The molecular formula is C15H20BBrO4. The Labute approximate surface area is 134 Å². The molecule has 0 unspecified atom stereocenters. The second-order valence-corrected chi connectivity index (χ2v) is 7.08. The lowest BCUT2D eigenvalue weighted by Crippen LogP contribution is -2.41. The Kier molecular flexibility index (Phi) is 4.54. The van der Waals surface area contributed by atoms with Crippen molar-refractivity contribution in [3.05, 3.63) is 33.7 Å². The molecule has 1 aromatic carbocycles. The van der Waals surface area contributed by atoms with E-state index in [9.17, 15) is 10.2 Å². The summed E-state index contributed by atoms with van der Waals surface area (Å²) in [5, 5.41) is 19.6. The molecule has 0 amide bonds. The van der Waals surface area contributed by atoms with Crippen LogP contribution in [-0.4, -0.2) is 35.1 Å². The molecule has 1 aliphatic rings. The van der Waals surface area contributed by atoms with Crippen LogP contribution >= 0.6 is 15.9 Å². The molecule has 1 aromatic rings. The zero-order valence-corrected chi connectivity index (χ0v) is 14.3. The van der Waals surface area contributed by atoms with E-state index in [-0.39, 0.29) is 12.4 Å². The predicted molar refractivity (Wildman–Crippen MR) is 87.0 cm³/mol. The molecule has 2 N–H and O–H groups in total. The molecule has 1 heterocycles. The summed E-state index contributed by atoms with van der Waals surface area (Å²) >= 11 is 3.30. The minimum atomic E-state index is -0.622. The van der Waals surface area contributed by atoms with E-state index < -0.39 is 18.3 Å². The van der Waals surface area contributed by atoms with Crippen LogP contribution in [0.15, 0.2) is 28.1 Å². The highest BCUT2D eigenvalue weighted by molar-refractivity contribution is 9.10. The molecule has 2 rings (SSSR count). The third kappa shape index (κ3) is 3.34. The monoisotopic (exact) mass is 354 g/mol. The largest absolute Gasteiger partial charge is 0.507 e. The molecule has 1 fully saturated rings. The summed E-state index contributed by atoms with van der Waals surface area (Å²) in [7, 11) is -0.622. The van der Waals surface area contributed by atoms with Crippen molar-refractivity contribution in [2.45, 2.75) is 38.9 Å². The maximum absolute atomic E-state index is 9.95. The van der Waals surface area contributed by atoms with E-state index in [1.807, 2.05) is 33.8 Å². The molecule has 0 radical (unpaired) electrons. The molecule has 0 aliphatic carbocycles. The lowest BCUT2D eigenvalue weighted by Gasteiger charge is -2.32. The van der Waals surface area contributed by atoms with Crippen LogP contribution < -0.4 is 0 Å². The van der Waals surface area contributed by atoms with Crippen LogP contribution in [0.4, 0.5) is 0 Å². The lowest BCUT2D eigenvalue weighted by molar-refractivity contribution is 0.00578. The van der Waals surface area contributed by atoms with Crippen molar-refractivity contribution < 1.29 is 19.5 Å². The second kappa shape index (κ2) is 5.76. The third-order valence-electron chi connectivity index (χ3n) is 4.07. The van der Waals surface area contributed by atoms with E-state index in [0.29, 0.717) is 11.0 Å². The summed E-state index contributed by atoms with van der Waals surface area (Å²) in [4.78, 5) is 0. The summed E-state index contributed by atoms with van der Waals surface area (Å²) in [5.41, 5.74) is 0.254. The van der Waals surface area contributed by atoms with Crippen LogP contribution in [0.3, 0.4) is 0 Å². The zero-order valence-electron chi connectivity index (χ0n) is 12.7. The first-order valence-corrected chi connectivity index (χ1v) is 7.61. The van der Waals surface area contributed by atoms with Crippen LogP contribution in [0, 0.1) is 0 Å². The fraction of sp³-hybridized carbons (Fsp3) is 0.467. The highest BCUT2D eigenvalue weighted by Gasteiger charge is 2.52. The minimum absolute atomic E-state index is 0.131. The van der Waals surface area contributed by atoms with Gasteiger partial charge in [-0.2, -0.15) is 0 Å². The zero-order chi connectivity index (χ0) is 15.8. The van der Waals surface area contributed by atoms with Gasteiger partial charge in [-0.1, -0.05) is 28.1 Å². The third-order valence-corrected chi connectivity index (χ3v) is 4.57. The first-order chi connectivity index (χ1) is 9.66. The van der Waals surface area contributed by atoms with Crippen LogP contribution in [-0.2, 0) is 9.31 Å². The SMILES string of the molecule is CC1(C)OB(C(=Cc2ccc(Br)cc2O)CO)OC1(C)C. The topological polar surface area (TPSA) is 58.9 Å². The molecule has 0 aromatic heterocycles. The number of aromatic hydroxyl groups is 1. The standard InChI is InChI=1S/C15H20BBrO4/c1-14(2)15(3,4)21-16(20-14)11(9-18)7-10-5-6-12(17)8-13(10)19/h5-8,18-19H,9H2,1-4H3. The smallest absolute Gasteiger partial charge is 0.492 e. The van der Waals surface area contributed by atoms with E-state index in [1.165, 1.54) is 0 Å². The Balaban J connectivity index is 2.31. The van der Waals surface area contributed by atoms with Gasteiger partial charge in [-0.05, 0) is 45.3 Å². The van der Waals surface area contributed by atoms with Crippen LogP contribution in [0.2, 0.25) is 0 Å². The average Bonchev–Trinajstić information content (AvgIpc) is 2.57. The first kappa shape index (κ1) is 16.6. The fourth-order valence-corrected chi connectivity index (χ4v) is 2.37. The summed E-state index contributed by atoms with van der Waals surface area (Å²) in [5.74, 6) is 0.131. The molecule has 0 bridgehead atoms. The Morgan fingerprint density at radius 2 is 1.81 bits per heavy atom. The van der Waals surface area contributed by atoms with E-state index in [0.717, 1.165) is 4.47 Å². The van der Waals surface area contributed by atoms with Gasteiger partial charge in [0.25, 0.3) is 0 Å². The molecule has 0 atom stereocenters. The summed E-state index contributed by atoms with van der Waals surface area (Å²) in [6.45, 7) is 7.63. The van der Waals surface area contributed by atoms with Gasteiger partial charge in [-0.25, -0.2) is 0 Å². The average molecular weight is 355 g/mol. The first-order valence-electron chi connectivity index (χ1n) is 6.82. The van der Waals surface area contributed by atoms with Crippen LogP contribution in [0.25, 0.3) is 6.08 Å². The molecule has 6 heteroatoms. The predicted octanol–water partition coefficient (Wildman–Crippen LogP) is 3.16. The van der Waals surface area contributed by atoms with Gasteiger partial charge < -0.3 is 19.5 Å². The van der Waals surface area contributed by atoms with Crippen molar-refractivity contribution >= 4 is 29.1 Å². The van der Waals surface area contributed by atoms with Crippen molar-refractivity contribution in [3.8, 4) is 5.75 Å². The Hall–Kier alpha value is -0.815. The molecular weight excluding hydrogens is 335 g/mol. The normalized spacial score (nSPS) is 20.9.